The summed E-state index contributed by atoms with van der Waals surface area (Å²) in [5, 5.41) is 4.33. The Labute approximate surface area is 143 Å². The molecule has 1 fully saturated rings. The van der Waals surface area contributed by atoms with E-state index in [1.165, 1.54) is 5.56 Å². The number of carbonyl (C=O) groups excluding carboxylic acids is 1. The number of hydrogen-bond acceptors (Lipinski definition) is 4. The molecule has 0 radical (unpaired) electrons. The van der Waals surface area contributed by atoms with E-state index >= 15 is 0 Å². The smallest absolute Gasteiger partial charge is 0.257 e. The summed E-state index contributed by atoms with van der Waals surface area (Å²) in [6, 6.07) is 4.08. The van der Waals surface area contributed by atoms with Crippen LogP contribution in [-0.2, 0) is 12.1 Å². The first-order chi connectivity index (χ1) is 11.4. The third-order valence-electron chi connectivity index (χ3n) is 4.33. The van der Waals surface area contributed by atoms with Gasteiger partial charge in [0.05, 0.1) is 17.3 Å². The van der Waals surface area contributed by atoms with Crippen molar-refractivity contribution in [1.29, 1.82) is 0 Å². The number of amides is 1. The molecule has 0 aliphatic carbocycles. The third-order valence-corrected chi connectivity index (χ3v) is 4.33. The molecule has 6 heteroatoms. The number of aromatic nitrogens is 3. The molecule has 0 aromatic carbocycles. The molecule has 1 amide bonds. The monoisotopic (exact) mass is 327 g/mol. The maximum Gasteiger partial charge on any atom is 0.257 e. The minimum absolute atomic E-state index is 0.0778. The second kappa shape index (κ2) is 6.73. The summed E-state index contributed by atoms with van der Waals surface area (Å²) in [4.78, 5) is 21.0. The van der Waals surface area contributed by atoms with E-state index in [1.807, 2.05) is 40.3 Å². The molecule has 3 heterocycles. The Hall–Kier alpha value is -2.21. The van der Waals surface area contributed by atoms with Crippen molar-refractivity contribution in [2.75, 3.05) is 26.2 Å². The van der Waals surface area contributed by atoms with Gasteiger partial charge in [-0.15, -0.1) is 0 Å². The summed E-state index contributed by atoms with van der Waals surface area (Å²) in [5.41, 5.74) is 1.82. The van der Waals surface area contributed by atoms with Crippen LogP contribution in [0.1, 0.15) is 36.7 Å². The Morgan fingerprint density at radius 1 is 1.12 bits per heavy atom. The number of rotatable bonds is 3. The van der Waals surface area contributed by atoms with Gasteiger partial charge in [-0.3, -0.25) is 19.4 Å². The lowest BCUT2D eigenvalue weighted by Crippen LogP contribution is -2.48. The van der Waals surface area contributed by atoms with Gasteiger partial charge in [-0.1, -0.05) is 0 Å². The molecule has 1 aliphatic heterocycles. The Morgan fingerprint density at radius 3 is 2.38 bits per heavy atom. The van der Waals surface area contributed by atoms with Crippen molar-refractivity contribution in [2.45, 2.75) is 32.9 Å². The van der Waals surface area contributed by atoms with Crippen LogP contribution in [-0.4, -0.2) is 56.7 Å². The van der Waals surface area contributed by atoms with Gasteiger partial charge in [-0.05, 0) is 38.5 Å². The minimum atomic E-state index is -0.109. The average Bonchev–Trinajstić information content (AvgIpc) is 3.06. The molecular formula is C18H25N5O. The van der Waals surface area contributed by atoms with Gasteiger partial charge in [-0.25, -0.2) is 0 Å². The highest BCUT2D eigenvalue weighted by Crippen LogP contribution is 2.15. The minimum Gasteiger partial charge on any atom is -0.336 e. The molecule has 0 spiro atoms. The van der Waals surface area contributed by atoms with Crippen molar-refractivity contribution in [3.63, 3.8) is 0 Å². The van der Waals surface area contributed by atoms with Gasteiger partial charge in [0, 0.05) is 51.3 Å². The summed E-state index contributed by atoms with van der Waals surface area (Å²) in [7, 11) is 0. The number of hydrogen-bond donors (Lipinski definition) is 0. The molecular weight excluding hydrogens is 302 g/mol. The SMILES string of the molecule is CC(C)(C)n1cc(C(=O)N2CCN(Cc3ccncc3)CC2)cn1. The zero-order chi connectivity index (χ0) is 17.2. The van der Waals surface area contributed by atoms with Crippen LogP contribution in [0.15, 0.2) is 36.9 Å². The Balaban J connectivity index is 1.56. The molecule has 24 heavy (non-hydrogen) atoms. The fourth-order valence-corrected chi connectivity index (χ4v) is 2.84. The fourth-order valence-electron chi connectivity index (χ4n) is 2.84. The van der Waals surface area contributed by atoms with E-state index in [2.05, 4.69) is 35.8 Å². The third kappa shape index (κ3) is 3.82. The number of pyridine rings is 1. The molecule has 0 saturated carbocycles. The van der Waals surface area contributed by atoms with Crippen molar-refractivity contribution in [3.8, 4) is 0 Å². The molecule has 2 aromatic heterocycles. The van der Waals surface area contributed by atoms with Crippen LogP contribution in [0.5, 0.6) is 0 Å². The highest BCUT2D eigenvalue weighted by Gasteiger charge is 2.24. The molecule has 0 N–H and O–H groups in total. The summed E-state index contributed by atoms with van der Waals surface area (Å²) in [5.74, 6) is 0.0778. The van der Waals surface area contributed by atoms with Crippen LogP contribution in [0.2, 0.25) is 0 Å². The van der Waals surface area contributed by atoms with E-state index in [0.29, 0.717) is 5.56 Å². The fraction of sp³-hybridized carbons (Fsp3) is 0.500. The molecule has 1 aliphatic rings. The lowest BCUT2D eigenvalue weighted by Gasteiger charge is -2.34. The van der Waals surface area contributed by atoms with Gasteiger partial charge in [0.25, 0.3) is 5.91 Å². The summed E-state index contributed by atoms with van der Waals surface area (Å²) in [6.07, 6.45) is 7.17. The van der Waals surface area contributed by atoms with E-state index in [9.17, 15) is 4.79 Å². The maximum atomic E-state index is 12.7. The number of carbonyl (C=O) groups is 1. The Kier molecular flexibility index (Phi) is 4.66. The second-order valence-electron chi connectivity index (χ2n) is 7.27. The van der Waals surface area contributed by atoms with Crippen molar-refractivity contribution in [1.82, 2.24) is 24.6 Å². The molecule has 1 saturated heterocycles. The van der Waals surface area contributed by atoms with Gasteiger partial charge in [0.2, 0.25) is 0 Å². The zero-order valence-electron chi connectivity index (χ0n) is 14.6. The van der Waals surface area contributed by atoms with Crippen molar-refractivity contribution in [3.05, 3.63) is 48.0 Å². The predicted octanol–water partition coefficient (Wildman–Crippen LogP) is 1.99. The summed E-state index contributed by atoms with van der Waals surface area (Å²) >= 11 is 0. The molecule has 0 unspecified atom stereocenters. The largest absolute Gasteiger partial charge is 0.336 e. The normalized spacial score (nSPS) is 16.4. The lowest BCUT2D eigenvalue weighted by molar-refractivity contribution is 0.0628. The quantitative estimate of drug-likeness (QED) is 0.865. The molecule has 3 rings (SSSR count). The molecule has 0 atom stereocenters. The molecule has 2 aromatic rings. The average molecular weight is 327 g/mol. The van der Waals surface area contributed by atoms with E-state index in [4.69, 9.17) is 0 Å². The second-order valence-corrected chi connectivity index (χ2v) is 7.27. The Morgan fingerprint density at radius 2 is 1.79 bits per heavy atom. The summed E-state index contributed by atoms with van der Waals surface area (Å²) < 4.78 is 1.85. The van der Waals surface area contributed by atoms with E-state index in [1.54, 1.807) is 6.20 Å². The first kappa shape index (κ1) is 16.6. The van der Waals surface area contributed by atoms with Crippen LogP contribution in [0.25, 0.3) is 0 Å². The van der Waals surface area contributed by atoms with Gasteiger partial charge >= 0.3 is 0 Å². The van der Waals surface area contributed by atoms with Gasteiger partial charge in [-0.2, -0.15) is 5.10 Å². The van der Waals surface area contributed by atoms with E-state index < -0.39 is 0 Å². The van der Waals surface area contributed by atoms with Crippen LogP contribution < -0.4 is 0 Å². The van der Waals surface area contributed by atoms with Crippen LogP contribution in [0.4, 0.5) is 0 Å². The summed E-state index contributed by atoms with van der Waals surface area (Å²) in [6.45, 7) is 10.4. The topological polar surface area (TPSA) is 54.3 Å². The van der Waals surface area contributed by atoms with E-state index in [0.717, 1.165) is 32.7 Å². The maximum absolute atomic E-state index is 12.7. The predicted molar refractivity (Wildman–Crippen MR) is 92.6 cm³/mol. The first-order valence-corrected chi connectivity index (χ1v) is 8.39. The van der Waals surface area contributed by atoms with Crippen molar-refractivity contribution in [2.24, 2.45) is 0 Å². The van der Waals surface area contributed by atoms with Crippen LogP contribution in [0.3, 0.4) is 0 Å². The van der Waals surface area contributed by atoms with Crippen LogP contribution in [0, 0.1) is 0 Å². The standard InChI is InChI=1S/C18H25N5O/c1-18(2,3)23-14-16(12-20-23)17(24)22-10-8-21(9-11-22)13-15-4-6-19-7-5-15/h4-7,12,14H,8-11,13H2,1-3H3. The van der Waals surface area contributed by atoms with Crippen molar-refractivity contribution < 1.29 is 4.79 Å². The first-order valence-electron chi connectivity index (χ1n) is 8.39. The molecule has 6 nitrogen and oxygen atoms in total. The highest BCUT2D eigenvalue weighted by molar-refractivity contribution is 5.93. The van der Waals surface area contributed by atoms with Crippen LogP contribution >= 0.6 is 0 Å². The van der Waals surface area contributed by atoms with Gasteiger partial charge in [0.15, 0.2) is 0 Å². The molecule has 128 valence electrons. The van der Waals surface area contributed by atoms with E-state index in [-0.39, 0.29) is 11.4 Å². The lowest BCUT2D eigenvalue weighted by atomic mass is 10.1. The number of nitrogens with zero attached hydrogens (tertiary/aromatic N) is 5. The number of piperazine rings is 1. The molecule has 0 bridgehead atoms. The van der Waals surface area contributed by atoms with Crippen molar-refractivity contribution >= 4 is 5.91 Å². The van der Waals surface area contributed by atoms with Gasteiger partial charge in [0.1, 0.15) is 0 Å². The Bertz CT molecular complexity index is 681. The highest BCUT2D eigenvalue weighted by atomic mass is 16.2. The van der Waals surface area contributed by atoms with Gasteiger partial charge < -0.3 is 4.90 Å². The zero-order valence-corrected chi connectivity index (χ0v) is 14.6.